The molecule has 0 unspecified atom stereocenters. The molecule has 0 aliphatic carbocycles. The molecule has 4 nitrogen and oxygen atoms in total. The molecule has 2 heterocycles. The number of nitrogens with zero attached hydrogens (tertiary/aromatic N) is 1. The Morgan fingerprint density at radius 2 is 1.96 bits per heavy atom. The molecular weight excluding hydrogens is 397 g/mol. The molecule has 2 aliphatic rings. The number of amides is 1. The topological polar surface area (TPSA) is 38.8 Å². The average molecular weight is 420 g/mol. The van der Waals surface area contributed by atoms with Crippen molar-refractivity contribution in [1.29, 1.82) is 0 Å². The lowest BCUT2D eigenvalue weighted by molar-refractivity contribution is -0.116. The minimum atomic E-state index is -0.496. The first-order valence-electron chi connectivity index (χ1n) is 9.16. The molecule has 4 rings (SSSR count). The van der Waals surface area contributed by atoms with E-state index in [4.69, 9.17) is 9.47 Å². The molecule has 0 radical (unpaired) electrons. The summed E-state index contributed by atoms with van der Waals surface area (Å²) in [7, 11) is 3.48. The van der Waals surface area contributed by atoms with E-state index in [-0.39, 0.29) is 11.7 Å². The number of fused-ring (bicyclic) bond motifs is 1. The number of anilines is 1. The van der Waals surface area contributed by atoms with Crippen LogP contribution in [0.15, 0.2) is 51.1 Å². The third kappa shape index (κ3) is 3.81. The molecule has 0 bridgehead atoms. The Hall–Kier alpha value is -1.54. The van der Waals surface area contributed by atoms with E-state index in [0.717, 1.165) is 25.9 Å². The van der Waals surface area contributed by atoms with Gasteiger partial charge in [0.15, 0.2) is 0 Å². The van der Waals surface area contributed by atoms with Crippen LogP contribution in [0.2, 0.25) is 0 Å². The monoisotopic (exact) mass is 419 g/mol. The second kappa shape index (κ2) is 8.06. The van der Waals surface area contributed by atoms with Gasteiger partial charge in [-0.25, -0.2) is 4.39 Å². The largest absolute Gasteiger partial charge is 0.381 e. The van der Waals surface area contributed by atoms with E-state index in [1.165, 1.54) is 11.8 Å². The zero-order valence-corrected chi connectivity index (χ0v) is 17.5. The SMILES string of the molecule is COC1(c2cc(F)cc(Sc3ccc4c(c3)SCC(=O)N4C)c2)CCOCC1. The summed E-state index contributed by atoms with van der Waals surface area (Å²) in [6.45, 7) is 1.22. The van der Waals surface area contributed by atoms with Crippen LogP contribution >= 0.6 is 23.5 Å². The van der Waals surface area contributed by atoms with Crippen LogP contribution in [0, 0.1) is 5.82 Å². The molecule has 2 aromatic carbocycles. The van der Waals surface area contributed by atoms with Crippen LogP contribution in [0.25, 0.3) is 0 Å². The summed E-state index contributed by atoms with van der Waals surface area (Å²) in [5, 5.41) is 0. The first kappa shape index (κ1) is 19.8. The predicted molar refractivity (Wildman–Crippen MR) is 110 cm³/mol. The number of benzene rings is 2. The number of halogens is 1. The zero-order chi connectivity index (χ0) is 19.7. The first-order chi connectivity index (χ1) is 13.5. The van der Waals surface area contributed by atoms with E-state index in [9.17, 15) is 9.18 Å². The lowest BCUT2D eigenvalue weighted by atomic mass is 9.86. The second-order valence-electron chi connectivity index (χ2n) is 6.96. The van der Waals surface area contributed by atoms with Gasteiger partial charge in [-0.05, 0) is 42.0 Å². The minimum absolute atomic E-state index is 0.106. The standard InChI is InChI=1S/C21H22FNO3S2/c1-23-18-4-3-16(12-19(18)27-13-20(23)24)28-17-10-14(9-15(22)11-17)21(25-2)5-7-26-8-6-21/h3-4,9-12H,5-8,13H2,1-2H3. The third-order valence-electron chi connectivity index (χ3n) is 5.34. The van der Waals surface area contributed by atoms with Gasteiger partial charge in [0.1, 0.15) is 5.82 Å². The Morgan fingerprint density at radius 3 is 2.71 bits per heavy atom. The van der Waals surface area contributed by atoms with E-state index < -0.39 is 5.60 Å². The number of ether oxygens (including phenoxy) is 2. The Morgan fingerprint density at radius 1 is 1.18 bits per heavy atom. The Kier molecular flexibility index (Phi) is 5.69. The molecule has 0 aromatic heterocycles. The van der Waals surface area contributed by atoms with Gasteiger partial charge in [0.2, 0.25) is 5.91 Å². The summed E-state index contributed by atoms with van der Waals surface area (Å²) < 4.78 is 25.7. The van der Waals surface area contributed by atoms with Crippen LogP contribution in [0.1, 0.15) is 18.4 Å². The summed E-state index contributed by atoms with van der Waals surface area (Å²) in [6, 6.07) is 11.1. The van der Waals surface area contributed by atoms with Gasteiger partial charge in [-0.15, -0.1) is 11.8 Å². The summed E-state index contributed by atoms with van der Waals surface area (Å²) in [5.74, 6) is 0.287. The minimum Gasteiger partial charge on any atom is -0.381 e. The van der Waals surface area contributed by atoms with Crippen molar-refractivity contribution in [3.8, 4) is 0 Å². The summed E-state index contributed by atoms with van der Waals surface area (Å²) in [4.78, 5) is 16.5. The number of carbonyl (C=O) groups excluding carboxylic acids is 1. The molecule has 28 heavy (non-hydrogen) atoms. The van der Waals surface area contributed by atoms with Gasteiger partial charge < -0.3 is 14.4 Å². The highest BCUT2D eigenvalue weighted by Gasteiger charge is 2.35. The van der Waals surface area contributed by atoms with Crippen molar-refractivity contribution in [1.82, 2.24) is 0 Å². The zero-order valence-electron chi connectivity index (χ0n) is 15.9. The first-order valence-corrected chi connectivity index (χ1v) is 11.0. The third-order valence-corrected chi connectivity index (χ3v) is 7.33. The molecule has 0 spiro atoms. The molecule has 2 aliphatic heterocycles. The average Bonchev–Trinajstić information content (AvgIpc) is 2.71. The Bertz CT molecular complexity index is 899. The molecule has 0 N–H and O–H groups in total. The molecule has 0 saturated carbocycles. The number of hydrogen-bond acceptors (Lipinski definition) is 5. The van der Waals surface area contributed by atoms with Gasteiger partial charge in [0.05, 0.1) is 17.0 Å². The van der Waals surface area contributed by atoms with Crippen molar-refractivity contribution in [3.05, 3.63) is 47.8 Å². The summed E-state index contributed by atoms with van der Waals surface area (Å²) in [6.07, 6.45) is 1.43. The molecule has 1 amide bonds. The highest BCUT2D eigenvalue weighted by molar-refractivity contribution is 8.00. The van der Waals surface area contributed by atoms with Crippen molar-refractivity contribution in [3.63, 3.8) is 0 Å². The van der Waals surface area contributed by atoms with Crippen molar-refractivity contribution < 1.29 is 18.7 Å². The molecule has 148 valence electrons. The van der Waals surface area contributed by atoms with E-state index in [1.54, 1.807) is 43.0 Å². The lowest BCUT2D eigenvalue weighted by Gasteiger charge is -2.36. The fourth-order valence-corrected chi connectivity index (χ4v) is 5.71. The van der Waals surface area contributed by atoms with Crippen molar-refractivity contribution >= 4 is 35.1 Å². The molecular formula is C21H22FNO3S2. The highest BCUT2D eigenvalue weighted by atomic mass is 32.2. The fraction of sp³-hybridized carbons (Fsp3) is 0.381. The number of thioether (sulfide) groups is 1. The predicted octanol–water partition coefficient (Wildman–Crippen LogP) is 4.70. The van der Waals surface area contributed by atoms with E-state index >= 15 is 0 Å². The smallest absolute Gasteiger partial charge is 0.237 e. The number of rotatable bonds is 4. The van der Waals surface area contributed by atoms with Crippen molar-refractivity contribution in [2.45, 2.75) is 33.1 Å². The van der Waals surface area contributed by atoms with Crippen molar-refractivity contribution in [2.24, 2.45) is 0 Å². The van der Waals surface area contributed by atoms with Crippen LogP contribution in [0.4, 0.5) is 10.1 Å². The van der Waals surface area contributed by atoms with Crippen LogP contribution < -0.4 is 4.90 Å². The highest BCUT2D eigenvalue weighted by Crippen LogP contribution is 2.41. The summed E-state index contributed by atoms with van der Waals surface area (Å²) >= 11 is 3.07. The summed E-state index contributed by atoms with van der Waals surface area (Å²) in [5.41, 5.74) is 1.29. The van der Waals surface area contributed by atoms with Gasteiger partial charge in [-0.2, -0.15) is 0 Å². The fourth-order valence-electron chi connectivity index (χ4n) is 3.65. The van der Waals surface area contributed by atoms with E-state index in [2.05, 4.69) is 6.07 Å². The maximum absolute atomic E-state index is 14.4. The maximum Gasteiger partial charge on any atom is 0.237 e. The van der Waals surface area contributed by atoms with Crippen LogP contribution in [0.3, 0.4) is 0 Å². The molecule has 0 atom stereocenters. The second-order valence-corrected chi connectivity index (χ2v) is 9.12. The van der Waals surface area contributed by atoms with Crippen LogP contribution in [0.5, 0.6) is 0 Å². The number of hydrogen-bond donors (Lipinski definition) is 0. The van der Waals surface area contributed by atoms with Gasteiger partial charge in [0, 0.05) is 54.9 Å². The lowest BCUT2D eigenvalue weighted by Crippen LogP contribution is -2.35. The van der Waals surface area contributed by atoms with E-state index in [0.29, 0.717) is 31.8 Å². The maximum atomic E-state index is 14.4. The molecule has 1 fully saturated rings. The van der Waals surface area contributed by atoms with Crippen LogP contribution in [-0.4, -0.2) is 39.0 Å². The molecule has 1 saturated heterocycles. The number of carbonyl (C=O) groups is 1. The normalized spacial score (nSPS) is 18.8. The van der Waals surface area contributed by atoms with Crippen LogP contribution in [-0.2, 0) is 19.9 Å². The molecule has 7 heteroatoms. The van der Waals surface area contributed by atoms with E-state index in [1.807, 2.05) is 18.2 Å². The quantitative estimate of drug-likeness (QED) is 0.718. The van der Waals surface area contributed by atoms with Gasteiger partial charge in [0.25, 0.3) is 0 Å². The Balaban J connectivity index is 1.62. The van der Waals surface area contributed by atoms with Gasteiger partial charge in [-0.3, -0.25) is 4.79 Å². The van der Waals surface area contributed by atoms with Gasteiger partial charge >= 0.3 is 0 Å². The molecule has 2 aromatic rings. The number of methoxy groups -OCH3 is 1. The van der Waals surface area contributed by atoms with Gasteiger partial charge in [-0.1, -0.05) is 11.8 Å². The van der Waals surface area contributed by atoms with Crippen molar-refractivity contribution in [2.75, 3.05) is 38.0 Å². The Labute approximate surface area is 172 Å².